The second-order valence-corrected chi connectivity index (χ2v) is 5.28. The molecule has 1 aromatic carbocycles. The fourth-order valence-corrected chi connectivity index (χ4v) is 2.34. The first-order chi connectivity index (χ1) is 11.1. The van der Waals surface area contributed by atoms with Gasteiger partial charge in [-0.1, -0.05) is 0 Å². The summed E-state index contributed by atoms with van der Waals surface area (Å²) >= 11 is 0. The molecule has 1 saturated heterocycles. The summed E-state index contributed by atoms with van der Waals surface area (Å²) < 4.78 is 10.5. The van der Waals surface area contributed by atoms with E-state index in [1.807, 2.05) is 6.92 Å². The standard InChI is InChI=1S/C16H23N3O4.ClH/c1-11-14(17-9-10-23-11)16(21)19-8-7-18-15(20)12-3-5-13(22-2)6-4-12;/h3-6,11,14,17H,7-10H2,1-2H3,(H,18,20)(H,19,21);1H/t11-,14+;/m1./s1. The number of carbonyl (C=O) groups excluding carboxylic acids is 2. The normalized spacial score (nSPS) is 19.8. The van der Waals surface area contributed by atoms with Crippen molar-refractivity contribution in [1.82, 2.24) is 16.0 Å². The van der Waals surface area contributed by atoms with Gasteiger partial charge in [-0.3, -0.25) is 9.59 Å². The molecule has 2 rings (SSSR count). The van der Waals surface area contributed by atoms with E-state index in [9.17, 15) is 9.59 Å². The van der Waals surface area contributed by atoms with Crippen molar-refractivity contribution >= 4 is 24.2 Å². The number of ether oxygens (including phenoxy) is 2. The molecule has 24 heavy (non-hydrogen) atoms. The predicted octanol–water partition coefficient (Wildman–Crippen LogP) is 0.340. The summed E-state index contributed by atoms with van der Waals surface area (Å²) in [6.07, 6.45) is -0.155. The topological polar surface area (TPSA) is 88.7 Å². The van der Waals surface area contributed by atoms with Crippen molar-refractivity contribution < 1.29 is 19.1 Å². The van der Waals surface area contributed by atoms with Gasteiger partial charge in [-0.05, 0) is 31.2 Å². The molecule has 2 atom stereocenters. The highest BCUT2D eigenvalue weighted by molar-refractivity contribution is 5.94. The van der Waals surface area contributed by atoms with E-state index in [1.54, 1.807) is 31.4 Å². The van der Waals surface area contributed by atoms with Gasteiger partial charge < -0.3 is 25.4 Å². The molecule has 0 spiro atoms. The van der Waals surface area contributed by atoms with Crippen LogP contribution in [0.2, 0.25) is 0 Å². The summed E-state index contributed by atoms with van der Waals surface area (Å²) in [6, 6.07) is 6.50. The quantitative estimate of drug-likeness (QED) is 0.639. The maximum absolute atomic E-state index is 12.0. The Morgan fingerprint density at radius 3 is 2.54 bits per heavy atom. The van der Waals surface area contributed by atoms with Crippen molar-refractivity contribution in [2.24, 2.45) is 0 Å². The first-order valence-corrected chi connectivity index (χ1v) is 7.67. The smallest absolute Gasteiger partial charge is 0.251 e. The second-order valence-electron chi connectivity index (χ2n) is 5.28. The molecule has 1 fully saturated rings. The van der Waals surface area contributed by atoms with Gasteiger partial charge in [0.05, 0.1) is 19.8 Å². The van der Waals surface area contributed by atoms with Crippen LogP contribution in [-0.4, -0.2) is 57.3 Å². The van der Waals surface area contributed by atoms with Crippen molar-refractivity contribution in [2.45, 2.75) is 19.1 Å². The summed E-state index contributed by atoms with van der Waals surface area (Å²) in [4.78, 5) is 24.0. The Balaban J connectivity index is 0.00000288. The third kappa shape index (κ3) is 5.67. The Morgan fingerprint density at radius 2 is 1.92 bits per heavy atom. The number of morpholine rings is 1. The maximum Gasteiger partial charge on any atom is 0.251 e. The number of methoxy groups -OCH3 is 1. The number of amides is 2. The molecule has 0 radical (unpaired) electrons. The van der Waals surface area contributed by atoms with E-state index in [4.69, 9.17) is 9.47 Å². The first kappa shape index (κ1) is 20.2. The van der Waals surface area contributed by atoms with Gasteiger partial charge in [-0.25, -0.2) is 0 Å². The van der Waals surface area contributed by atoms with Crippen LogP contribution in [0.4, 0.5) is 0 Å². The first-order valence-electron chi connectivity index (χ1n) is 7.67. The molecule has 2 amide bonds. The average molecular weight is 358 g/mol. The molecule has 7 nitrogen and oxygen atoms in total. The number of hydrogen-bond donors (Lipinski definition) is 3. The van der Waals surface area contributed by atoms with Crippen molar-refractivity contribution in [1.29, 1.82) is 0 Å². The van der Waals surface area contributed by atoms with Crippen LogP contribution in [0.15, 0.2) is 24.3 Å². The van der Waals surface area contributed by atoms with Crippen LogP contribution < -0.4 is 20.7 Å². The number of nitrogens with one attached hydrogen (secondary N) is 3. The minimum Gasteiger partial charge on any atom is -0.497 e. The van der Waals surface area contributed by atoms with Crippen molar-refractivity contribution in [2.75, 3.05) is 33.4 Å². The van der Waals surface area contributed by atoms with Crippen LogP contribution in [0.5, 0.6) is 5.75 Å². The summed E-state index contributed by atoms with van der Waals surface area (Å²) in [5.74, 6) is 0.399. The van der Waals surface area contributed by atoms with Crippen LogP contribution in [0, 0.1) is 0 Å². The monoisotopic (exact) mass is 357 g/mol. The molecule has 0 bridgehead atoms. The van der Waals surface area contributed by atoms with E-state index in [2.05, 4.69) is 16.0 Å². The largest absolute Gasteiger partial charge is 0.497 e. The van der Waals surface area contributed by atoms with Gasteiger partial charge in [-0.15, -0.1) is 12.4 Å². The fraction of sp³-hybridized carbons (Fsp3) is 0.500. The van der Waals surface area contributed by atoms with Crippen LogP contribution >= 0.6 is 12.4 Å². The Morgan fingerprint density at radius 1 is 1.25 bits per heavy atom. The Bertz CT molecular complexity index is 539. The molecule has 1 aliphatic rings. The van der Waals surface area contributed by atoms with Crippen LogP contribution in [0.1, 0.15) is 17.3 Å². The number of hydrogen-bond acceptors (Lipinski definition) is 5. The Kier molecular flexibility index (Phi) is 8.53. The lowest BCUT2D eigenvalue weighted by molar-refractivity contribution is -0.128. The van der Waals surface area contributed by atoms with Gasteiger partial charge in [0.2, 0.25) is 5.91 Å². The molecule has 134 valence electrons. The molecule has 0 aliphatic carbocycles. The lowest BCUT2D eigenvalue weighted by Crippen LogP contribution is -2.56. The summed E-state index contributed by atoms with van der Waals surface area (Å²) in [7, 11) is 1.57. The maximum atomic E-state index is 12.0. The summed E-state index contributed by atoms with van der Waals surface area (Å²) in [5, 5.41) is 8.67. The Labute approximate surface area is 147 Å². The van der Waals surface area contributed by atoms with Gasteiger partial charge >= 0.3 is 0 Å². The molecule has 3 N–H and O–H groups in total. The zero-order valence-corrected chi connectivity index (χ0v) is 14.7. The SMILES string of the molecule is COc1ccc(C(=O)NCCNC(=O)[C@H]2NCCO[C@@H]2C)cc1.Cl. The minimum absolute atomic E-state index is 0. The van der Waals surface area contributed by atoms with Gasteiger partial charge in [0, 0.05) is 25.2 Å². The molecular formula is C16H24ClN3O4. The third-order valence-corrected chi connectivity index (χ3v) is 3.66. The fourth-order valence-electron chi connectivity index (χ4n) is 2.34. The molecule has 1 aromatic rings. The molecule has 0 unspecified atom stereocenters. The van der Waals surface area contributed by atoms with Crippen molar-refractivity contribution in [3.8, 4) is 5.75 Å². The number of halogens is 1. The lowest BCUT2D eigenvalue weighted by Gasteiger charge is -2.29. The second kappa shape index (κ2) is 10.1. The van der Waals surface area contributed by atoms with Gasteiger partial charge in [0.15, 0.2) is 0 Å². The van der Waals surface area contributed by atoms with Gasteiger partial charge in [-0.2, -0.15) is 0 Å². The lowest BCUT2D eigenvalue weighted by atomic mass is 10.1. The Hall–Kier alpha value is -1.83. The van der Waals surface area contributed by atoms with Gasteiger partial charge in [0.1, 0.15) is 11.8 Å². The molecule has 1 aliphatic heterocycles. The number of benzene rings is 1. The van der Waals surface area contributed by atoms with E-state index in [1.165, 1.54) is 0 Å². The number of rotatable bonds is 6. The minimum atomic E-state index is -0.346. The predicted molar refractivity (Wildman–Crippen MR) is 92.8 cm³/mol. The van der Waals surface area contributed by atoms with E-state index < -0.39 is 0 Å². The van der Waals surface area contributed by atoms with Crippen molar-refractivity contribution in [3.63, 3.8) is 0 Å². The third-order valence-electron chi connectivity index (χ3n) is 3.66. The average Bonchev–Trinajstić information content (AvgIpc) is 2.58. The van der Waals surface area contributed by atoms with E-state index in [0.29, 0.717) is 37.6 Å². The number of carbonyl (C=O) groups is 2. The van der Waals surface area contributed by atoms with Crippen molar-refractivity contribution in [3.05, 3.63) is 29.8 Å². The summed E-state index contributed by atoms with van der Waals surface area (Å²) in [5.41, 5.74) is 0.549. The van der Waals surface area contributed by atoms with Crippen LogP contribution in [-0.2, 0) is 9.53 Å². The highest BCUT2D eigenvalue weighted by Gasteiger charge is 2.27. The molecule has 0 saturated carbocycles. The van der Waals surface area contributed by atoms with Gasteiger partial charge in [0.25, 0.3) is 5.91 Å². The van der Waals surface area contributed by atoms with E-state index in [0.717, 1.165) is 0 Å². The molecular weight excluding hydrogens is 334 g/mol. The van der Waals surface area contributed by atoms with Crippen LogP contribution in [0.3, 0.4) is 0 Å². The van der Waals surface area contributed by atoms with E-state index >= 15 is 0 Å². The zero-order valence-electron chi connectivity index (χ0n) is 13.8. The zero-order chi connectivity index (χ0) is 16.7. The van der Waals surface area contributed by atoms with E-state index in [-0.39, 0.29) is 36.4 Å². The molecule has 1 heterocycles. The highest BCUT2D eigenvalue weighted by atomic mass is 35.5. The van der Waals surface area contributed by atoms with Crippen LogP contribution in [0.25, 0.3) is 0 Å². The summed E-state index contributed by atoms with van der Waals surface area (Å²) in [6.45, 7) is 3.87. The molecule has 0 aromatic heterocycles. The highest BCUT2D eigenvalue weighted by Crippen LogP contribution is 2.10. The molecule has 8 heteroatoms.